The van der Waals surface area contributed by atoms with Crippen molar-refractivity contribution in [2.45, 2.75) is 19.4 Å². The van der Waals surface area contributed by atoms with E-state index in [0.29, 0.717) is 22.5 Å². The van der Waals surface area contributed by atoms with Gasteiger partial charge in [0, 0.05) is 36.7 Å². The zero-order chi connectivity index (χ0) is 23.9. The van der Waals surface area contributed by atoms with Crippen LogP contribution in [-0.2, 0) is 6.54 Å². The number of carbonyl (C=O) groups is 2. The van der Waals surface area contributed by atoms with Crippen molar-refractivity contribution in [2.24, 2.45) is 0 Å². The first-order valence-electron chi connectivity index (χ1n) is 11.0. The van der Waals surface area contributed by atoms with Crippen LogP contribution in [0.25, 0.3) is 0 Å². The molecule has 34 heavy (non-hydrogen) atoms. The molecule has 3 aromatic rings. The highest BCUT2D eigenvalue weighted by atomic mass is 19.1. The van der Waals surface area contributed by atoms with E-state index in [9.17, 15) is 14.0 Å². The Morgan fingerprint density at radius 2 is 1.56 bits per heavy atom. The third kappa shape index (κ3) is 5.70. The van der Waals surface area contributed by atoms with Gasteiger partial charge in [0.15, 0.2) is 0 Å². The van der Waals surface area contributed by atoms with E-state index in [1.165, 1.54) is 12.1 Å². The number of rotatable bonds is 6. The molecule has 0 spiro atoms. The molecule has 8 heteroatoms. The van der Waals surface area contributed by atoms with Crippen LogP contribution in [-0.4, -0.2) is 25.0 Å². The summed E-state index contributed by atoms with van der Waals surface area (Å²) in [7, 11) is 0. The van der Waals surface area contributed by atoms with Crippen LogP contribution in [0, 0.1) is 17.1 Å². The van der Waals surface area contributed by atoms with E-state index >= 15 is 0 Å². The topological polar surface area (TPSA) is 97.3 Å². The number of benzene rings is 3. The SMILES string of the molecule is N#Cc1ccc(NC(=O)Nc2ccc(N3CCCC3)c(C(=O)NCc3ccc(F)cc3)c2)cc1. The molecule has 1 aliphatic rings. The van der Waals surface area contributed by atoms with E-state index in [4.69, 9.17) is 5.26 Å². The summed E-state index contributed by atoms with van der Waals surface area (Å²) in [6.45, 7) is 1.99. The molecule has 7 nitrogen and oxygen atoms in total. The molecule has 1 fully saturated rings. The standard InChI is InChI=1S/C26H24FN5O2/c27-20-7-3-19(4-8-20)17-29-25(33)23-15-22(11-12-24(23)32-13-1-2-14-32)31-26(34)30-21-9-5-18(16-28)6-10-21/h3-12,15H,1-2,13-14,17H2,(H,29,33)(H2,30,31,34). The van der Waals surface area contributed by atoms with Crippen molar-refractivity contribution in [3.63, 3.8) is 0 Å². The molecule has 0 radical (unpaired) electrons. The van der Waals surface area contributed by atoms with Crippen LogP contribution < -0.4 is 20.9 Å². The molecule has 1 aliphatic heterocycles. The highest BCUT2D eigenvalue weighted by molar-refractivity contribution is 6.04. The fourth-order valence-electron chi connectivity index (χ4n) is 3.83. The van der Waals surface area contributed by atoms with Crippen molar-refractivity contribution in [3.05, 3.63) is 89.2 Å². The number of nitrogens with zero attached hydrogens (tertiary/aromatic N) is 2. The van der Waals surface area contributed by atoms with Crippen molar-refractivity contribution >= 4 is 29.0 Å². The average molecular weight is 458 g/mol. The molecule has 172 valence electrons. The van der Waals surface area contributed by atoms with Crippen molar-refractivity contribution in [3.8, 4) is 6.07 Å². The number of anilines is 3. The van der Waals surface area contributed by atoms with Gasteiger partial charge in [-0.05, 0) is 73.0 Å². The summed E-state index contributed by atoms with van der Waals surface area (Å²) in [4.78, 5) is 27.7. The first kappa shape index (κ1) is 22.8. The van der Waals surface area contributed by atoms with Crippen molar-refractivity contribution < 1.29 is 14.0 Å². The minimum absolute atomic E-state index is 0.259. The maximum atomic E-state index is 13.2. The number of amides is 3. The van der Waals surface area contributed by atoms with Crippen LogP contribution in [0.5, 0.6) is 0 Å². The highest BCUT2D eigenvalue weighted by Gasteiger charge is 2.20. The monoisotopic (exact) mass is 457 g/mol. The Labute approximate surface area is 197 Å². The fraction of sp³-hybridized carbons (Fsp3) is 0.192. The first-order valence-corrected chi connectivity index (χ1v) is 11.0. The van der Waals surface area contributed by atoms with Crippen molar-refractivity contribution in [2.75, 3.05) is 28.6 Å². The summed E-state index contributed by atoms with van der Waals surface area (Å²) in [5.74, 6) is -0.605. The maximum absolute atomic E-state index is 13.2. The minimum atomic E-state index is -0.462. The van der Waals surface area contributed by atoms with Gasteiger partial charge < -0.3 is 20.9 Å². The largest absolute Gasteiger partial charge is 0.371 e. The van der Waals surface area contributed by atoms with Gasteiger partial charge in [-0.1, -0.05) is 12.1 Å². The smallest absolute Gasteiger partial charge is 0.323 e. The van der Waals surface area contributed by atoms with Crippen molar-refractivity contribution in [1.29, 1.82) is 5.26 Å². The Bertz CT molecular complexity index is 1210. The lowest BCUT2D eigenvalue weighted by Gasteiger charge is -2.22. The quantitative estimate of drug-likeness (QED) is 0.492. The van der Waals surface area contributed by atoms with Crippen LogP contribution in [0.4, 0.5) is 26.2 Å². The molecule has 0 saturated carbocycles. The number of nitrogens with one attached hydrogen (secondary N) is 3. The molecule has 0 aliphatic carbocycles. The van der Waals surface area contributed by atoms with Gasteiger partial charge in [0.25, 0.3) is 5.91 Å². The Kier molecular flexibility index (Phi) is 7.04. The Hall–Kier alpha value is -4.38. The molecule has 0 atom stereocenters. The van der Waals surface area contributed by atoms with Gasteiger partial charge in [0.05, 0.1) is 17.2 Å². The summed E-state index contributed by atoms with van der Waals surface area (Å²) >= 11 is 0. The van der Waals surface area contributed by atoms with Gasteiger partial charge in [-0.3, -0.25) is 4.79 Å². The average Bonchev–Trinajstić information content (AvgIpc) is 3.39. The second-order valence-corrected chi connectivity index (χ2v) is 8.00. The number of halogens is 1. The zero-order valence-electron chi connectivity index (χ0n) is 18.5. The predicted octanol–water partition coefficient (Wildman–Crippen LogP) is 4.87. The van der Waals surface area contributed by atoms with Gasteiger partial charge in [-0.2, -0.15) is 5.26 Å². The molecular formula is C26H24FN5O2. The van der Waals surface area contributed by atoms with Crippen molar-refractivity contribution in [1.82, 2.24) is 5.32 Å². The molecule has 4 rings (SSSR count). The molecule has 0 bridgehead atoms. The molecule has 1 saturated heterocycles. The number of carbonyl (C=O) groups excluding carboxylic acids is 2. The lowest BCUT2D eigenvalue weighted by atomic mass is 10.1. The van der Waals surface area contributed by atoms with E-state index in [1.807, 2.05) is 12.1 Å². The minimum Gasteiger partial charge on any atom is -0.371 e. The summed E-state index contributed by atoms with van der Waals surface area (Å²) < 4.78 is 13.2. The Balaban J connectivity index is 1.49. The van der Waals surface area contributed by atoms with Gasteiger partial charge in [-0.15, -0.1) is 0 Å². The molecule has 0 aromatic heterocycles. The Morgan fingerprint density at radius 3 is 2.24 bits per heavy atom. The van der Waals surface area contributed by atoms with Gasteiger partial charge >= 0.3 is 6.03 Å². The molecular weight excluding hydrogens is 433 g/mol. The number of nitriles is 1. The lowest BCUT2D eigenvalue weighted by molar-refractivity contribution is 0.0951. The zero-order valence-corrected chi connectivity index (χ0v) is 18.5. The number of urea groups is 1. The summed E-state index contributed by atoms with van der Waals surface area (Å²) in [5, 5.41) is 17.2. The highest BCUT2D eigenvalue weighted by Crippen LogP contribution is 2.28. The van der Waals surface area contributed by atoms with Gasteiger partial charge in [-0.25, -0.2) is 9.18 Å². The first-order chi connectivity index (χ1) is 16.5. The molecule has 3 amide bonds. The molecule has 1 heterocycles. The number of hydrogen-bond donors (Lipinski definition) is 3. The van der Waals surface area contributed by atoms with E-state index in [2.05, 4.69) is 20.9 Å². The van der Waals surface area contributed by atoms with Gasteiger partial charge in [0.2, 0.25) is 0 Å². The molecule has 3 N–H and O–H groups in total. The third-order valence-electron chi connectivity index (χ3n) is 5.58. The van der Waals surface area contributed by atoms with Crippen LogP contribution in [0.15, 0.2) is 66.7 Å². The van der Waals surface area contributed by atoms with Crippen LogP contribution in [0.2, 0.25) is 0 Å². The second kappa shape index (κ2) is 10.5. The summed E-state index contributed by atoms with van der Waals surface area (Å²) in [6.07, 6.45) is 2.12. The molecule has 3 aromatic carbocycles. The summed E-state index contributed by atoms with van der Waals surface area (Å²) in [6, 6.07) is 19.3. The Morgan fingerprint density at radius 1 is 0.912 bits per heavy atom. The normalized spacial score (nSPS) is 12.6. The van der Waals surface area contributed by atoms with Crippen LogP contribution >= 0.6 is 0 Å². The van der Waals surface area contributed by atoms with E-state index < -0.39 is 6.03 Å². The van der Waals surface area contributed by atoms with Crippen LogP contribution in [0.3, 0.4) is 0 Å². The van der Waals surface area contributed by atoms with E-state index in [0.717, 1.165) is 37.2 Å². The van der Waals surface area contributed by atoms with E-state index in [-0.39, 0.29) is 18.3 Å². The molecule has 0 unspecified atom stereocenters. The lowest BCUT2D eigenvalue weighted by Crippen LogP contribution is -2.27. The predicted molar refractivity (Wildman–Crippen MR) is 129 cm³/mol. The third-order valence-corrected chi connectivity index (χ3v) is 5.58. The van der Waals surface area contributed by atoms with Gasteiger partial charge in [0.1, 0.15) is 5.82 Å². The number of hydrogen-bond acceptors (Lipinski definition) is 4. The second-order valence-electron chi connectivity index (χ2n) is 8.00. The van der Waals surface area contributed by atoms with Crippen LogP contribution in [0.1, 0.15) is 34.3 Å². The fourth-order valence-corrected chi connectivity index (χ4v) is 3.83. The maximum Gasteiger partial charge on any atom is 0.323 e. The van der Waals surface area contributed by atoms with E-state index in [1.54, 1.807) is 48.5 Å². The summed E-state index contributed by atoms with van der Waals surface area (Å²) in [5.41, 5.74) is 3.57.